The van der Waals surface area contributed by atoms with E-state index in [1.165, 1.54) is 44.4 Å². The number of methoxy groups -OCH3 is 1. The topological polar surface area (TPSA) is 64.3 Å². The van der Waals surface area contributed by atoms with Crippen LogP contribution >= 0.6 is 0 Å². The fourth-order valence-corrected chi connectivity index (χ4v) is 1.83. The molecule has 3 N–H and O–H groups in total. The van der Waals surface area contributed by atoms with Crippen molar-refractivity contribution in [3.05, 3.63) is 53.1 Å². The van der Waals surface area contributed by atoms with E-state index in [1.807, 2.05) is 0 Å². The van der Waals surface area contributed by atoms with Gasteiger partial charge in [0.2, 0.25) is 0 Å². The molecule has 0 amide bonds. The molecule has 0 aromatic heterocycles. The lowest BCUT2D eigenvalue weighted by Crippen LogP contribution is -2.05. The van der Waals surface area contributed by atoms with Gasteiger partial charge in [-0.1, -0.05) is 6.07 Å². The van der Waals surface area contributed by atoms with Gasteiger partial charge in [0.15, 0.2) is 5.82 Å². The van der Waals surface area contributed by atoms with Gasteiger partial charge in [-0.05, 0) is 36.8 Å². The molecule has 2 rings (SSSR count). The first-order valence-corrected chi connectivity index (χ1v) is 6.13. The number of hydrogen-bond donors (Lipinski definition) is 2. The minimum absolute atomic E-state index is 0.179. The van der Waals surface area contributed by atoms with Crippen molar-refractivity contribution in [2.45, 2.75) is 6.92 Å². The Morgan fingerprint density at radius 2 is 1.95 bits per heavy atom. The molecule has 4 nitrogen and oxygen atoms in total. The summed E-state index contributed by atoms with van der Waals surface area (Å²) in [5, 5.41) is 2.61. The Bertz CT molecular complexity index is 702. The first-order chi connectivity index (χ1) is 9.93. The number of benzene rings is 2. The SMILES string of the molecule is COC(=O)c1ccc(Nc2c(F)ccc(C)c2F)c(N)c1. The van der Waals surface area contributed by atoms with Crippen LogP contribution in [0.1, 0.15) is 15.9 Å². The number of nitrogen functional groups attached to an aromatic ring is 1. The number of aryl methyl sites for hydroxylation is 1. The van der Waals surface area contributed by atoms with Crippen LogP contribution in [0, 0.1) is 18.6 Å². The molecule has 6 heteroatoms. The summed E-state index contributed by atoms with van der Waals surface area (Å²) in [6, 6.07) is 6.80. The largest absolute Gasteiger partial charge is 0.465 e. The van der Waals surface area contributed by atoms with Gasteiger partial charge in [-0.25, -0.2) is 13.6 Å². The highest BCUT2D eigenvalue weighted by Crippen LogP contribution is 2.29. The fraction of sp³-hybridized carbons (Fsp3) is 0.133. The number of ether oxygens (including phenoxy) is 1. The summed E-state index contributed by atoms with van der Waals surface area (Å²) in [6.07, 6.45) is 0. The Labute approximate surface area is 120 Å². The van der Waals surface area contributed by atoms with Crippen LogP contribution in [0.2, 0.25) is 0 Å². The second-order valence-electron chi connectivity index (χ2n) is 4.47. The Hall–Kier alpha value is -2.63. The summed E-state index contributed by atoms with van der Waals surface area (Å²) in [4.78, 5) is 11.4. The lowest BCUT2D eigenvalue weighted by atomic mass is 10.1. The van der Waals surface area contributed by atoms with Crippen molar-refractivity contribution < 1.29 is 18.3 Å². The molecule has 0 atom stereocenters. The summed E-state index contributed by atoms with van der Waals surface area (Å²) < 4.78 is 32.2. The first kappa shape index (κ1) is 14.8. The van der Waals surface area contributed by atoms with Gasteiger partial charge < -0.3 is 15.8 Å². The quantitative estimate of drug-likeness (QED) is 0.672. The monoisotopic (exact) mass is 292 g/mol. The molecule has 21 heavy (non-hydrogen) atoms. The predicted molar refractivity (Wildman–Crippen MR) is 76.6 cm³/mol. The average Bonchev–Trinajstić information content (AvgIpc) is 2.48. The molecule has 2 aromatic rings. The molecular weight excluding hydrogens is 278 g/mol. The van der Waals surface area contributed by atoms with Crippen molar-refractivity contribution in [3.8, 4) is 0 Å². The third kappa shape index (κ3) is 2.94. The zero-order chi connectivity index (χ0) is 15.6. The van der Waals surface area contributed by atoms with Gasteiger partial charge in [-0.3, -0.25) is 0 Å². The third-order valence-corrected chi connectivity index (χ3v) is 3.02. The number of esters is 1. The van der Waals surface area contributed by atoms with E-state index in [9.17, 15) is 13.6 Å². The molecule has 0 aliphatic carbocycles. The van der Waals surface area contributed by atoms with Gasteiger partial charge in [0, 0.05) is 0 Å². The Kier molecular flexibility index (Phi) is 4.07. The zero-order valence-electron chi connectivity index (χ0n) is 11.5. The Morgan fingerprint density at radius 3 is 2.57 bits per heavy atom. The number of halogens is 2. The zero-order valence-corrected chi connectivity index (χ0v) is 11.5. The minimum atomic E-state index is -0.727. The molecule has 0 saturated carbocycles. The molecule has 0 spiro atoms. The maximum absolute atomic E-state index is 13.9. The molecule has 110 valence electrons. The van der Waals surface area contributed by atoms with Crippen LogP contribution in [0.4, 0.5) is 25.8 Å². The predicted octanol–water partition coefficient (Wildman–Crippen LogP) is 3.39. The molecule has 0 bridgehead atoms. The van der Waals surface area contributed by atoms with Gasteiger partial charge in [0.25, 0.3) is 0 Å². The number of carbonyl (C=O) groups excluding carboxylic acids is 1. The molecular formula is C15H14F2N2O2. The first-order valence-electron chi connectivity index (χ1n) is 6.13. The van der Waals surface area contributed by atoms with E-state index in [1.54, 1.807) is 0 Å². The van der Waals surface area contributed by atoms with Gasteiger partial charge in [-0.15, -0.1) is 0 Å². The van der Waals surface area contributed by atoms with E-state index < -0.39 is 17.6 Å². The maximum atomic E-state index is 13.9. The van der Waals surface area contributed by atoms with Crippen LogP contribution < -0.4 is 11.1 Å². The molecule has 0 heterocycles. The molecule has 0 aliphatic rings. The number of hydrogen-bond acceptors (Lipinski definition) is 4. The molecule has 0 unspecified atom stereocenters. The number of nitrogens with two attached hydrogens (primary N) is 1. The molecule has 2 aromatic carbocycles. The van der Waals surface area contributed by atoms with Gasteiger partial charge in [0.05, 0.1) is 24.0 Å². The van der Waals surface area contributed by atoms with Crippen LogP contribution in [0.25, 0.3) is 0 Å². The molecule has 0 aliphatic heterocycles. The van der Waals surface area contributed by atoms with Crippen molar-refractivity contribution in [3.63, 3.8) is 0 Å². The third-order valence-electron chi connectivity index (χ3n) is 3.02. The van der Waals surface area contributed by atoms with E-state index in [-0.39, 0.29) is 16.9 Å². The summed E-state index contributed by atoms with van der Waals surface area (Å²) >= 11 is 0. The minimum Gasteiger partial charge on any atom is -0.465 e. The smallest absolute Gasteiger partial charge is 0.337 e. The van der Waals surface area contributed by atoms with Gasteiger partial charge >= 0.3 is 5.97 Å². The Balaban J connectivity index is 2.37. The number of anilines is 3. The van der Waals surface area contributed by atoms with Gasteiger partial charge in [0.1, 0.15) is 11.5 Å². The Morgan fingerprint density at radius 1 is 1.24 bits per heavy atom. The van der Waals surface area contributed by atoms with Crippen molar-refractivity contribution in [2.24, 2.45) is 0 Å². The van der Waals surface area contributed by atoms with E-state index >= 15 is 0 Å². The molecule has 0 radical (unpaired) electrons. The van der Waals surface area contributed by atoms with Crippen molar-refractivity contribution in [1.29, 1.82) is 0 Å². The number of nitrogens with one attached hydrogen (secondary N) is 1. The normalized spacial score (nSPS) is 10.3. The van der Waals surface area contributed by atoms with Crippen LogP contribution in [-0.2, 0) is 4.74 Å². The standard InChI is InChI=1S/C15H14F2N2O2/c1-8-3-5-10(16)14(13(8)17)19-12-6-4-9(7-11(12)18)15(20)21-2/h3-7,19H,18H2,1-2H3. The summed E-state index contributed by atoms with van der Waals surface area (Å²) in [6.45, 7) is 1.53. The molecule has 0 saturated heterocycles. The van der Waals surface area contributed by atoms with Crippen LogP contribution in [0.3, 0.4) is 0 Å². The van der Waals surface area contributed by atoms with E-state index in [4.69, 9.17) is 5.73 Å². The lowest BCUT2D eigenvalue weighted by molar-refractivity contribution is 0.0601. The van der Waals surface area contributed by atoms with Crippen LogP contribution in [-0.4, -0.2) is 13.1 Å². The number of carbonyl (C=O) groups is 1. The van der Waals surface area contributed by atoms with Crippen LogP contribution in [0.5, 0.6) is 0 Å². The molecule has 0 fully saturated rings. The summed E-state index contributed by atoms with van der Waals surface area (Å²) in [5.74, 6) is -1.96. The lowest BCUT2D eigenvalue weighted by Gasteiger charge is -2.13. The van der Waals surface area contributed by atoms with E-state index in [0.717, 1.165) is 0 Å². The van der Waals surface area contributed by atoms with Crippen molar-refractivity contribution in [1.82, 2.24) is 0 Å². The average molecular weight is 292 g/mol. The van der Waals surface area contributed by atoms with Crippen molar-refractivity contribution >= 4 is 23.0 Å². The highest BCUT2D eigenvalue weighted by Gasteiger charge is 2.14. The highest BCUT2D eigenvalue weighted by atomic mass is 19.1. The summed E-state index contributed by atoms with van der Waals surface area (Å²) in [7, 11) is 1.25. The highest BCUT2D eigenvalue weighted by molar-refractivity contribution is 5.92. The second-order valence-corrected chi connectivity index (χ2v) is 4.47. The van der Waals surface area contributed by atoms with E-state index in [0.29, 0.717) is 11.3 Å². The number of rotatable bonds is 3. The van der Waals surface area contributed by atoms with Gasteiger partial charge in [-0.2, -0.15) is 0 Å². The summed E-state index contributed by atoms with van der Waals surface area (Å²) in [5.41, 5.74) is 6.54. The van der Waals surface area contributed by atoms with Crippen molar-refractivity contribution in [2.75, 3.05) is 18.2 Å². The van der Waals surface area contributed by atoms with Crippen LogP contribution in [0.15, 0.2) is 30.3 Å². The maximum Gasteiger partial charge on any atom is 0.337 e. The second kappa shape index (κ2) is 5.78. The fourth-order valence-electron chi connectivity index (χ4n) is 1.83. The van der Waals surface area contributed by atoms with E-state index in [2.05, 4.69) is 10.1 Å².